The predicted molar refractivity (Wildman–Crippen MR) is 64.6 cm³/mol. The van der Waals surface area contributed by atoms with Crippen LogP contribution in [0.5, 0.6) is 0 Å². The maximum absolute atomic E-state index is 10.3. The SMILES string of the molecule is CCC1CCC(CN)(C(O)CC(C)C)C1. The summed E-state index contributed by atoms with van der Waals surface area (Å²) >= 11 is 0. The molecule has 0 heterocycles. The maximum atomic E-state index is 10.3. The average molecular weight is 213 g/mol. The lowest BCUT2D eigenvalue weighted by Crippen LogP contribution is -2.40. The second-order valence-corrected chi connectivity index (χ2v) is 5.73. The number of nitrogens with two attached hydrogens (primary N) is 1. The van der Waals surface area contributed by atoms with E-state index in [-0.39, 0.29) is 11.5 Å². The molecule has 2 heteroatoms. The van der Waals surface area contributed by atoms with E-state index in [9.17, 15) is 5.11 Å². The normalized spacial score (nSPS) is 33.6. The van der Waals surface area contributed by atoms with Gasteiger partial charge in [0.15, 0.2) is 0 Å². The van der Waals surface area contributed by atoms with Crippen LogP contribution >= 0.6 is 0 Å². The zero-order valence-electron chi connectivity index (χ0n) is 10.5. The minimum absolute atomic E-state index is 0.0327. The molecule has 15 heavy (non-hydrogen) atoms. The molecule has 0 bridgehead atoms. The molecule has 2 nitrogen and oxygen atoms in total. The molecule has 0 aromatic rings. The van der Waals surface area contributed by atoms with Crippen molar-refractivity contribution in [2.45, 2.75) is 59.0 Å². The van der Waals surface area contributed by atoms with Gasteiger partial charge in [0, 0.05) is 12.0 Å². The van der Waals surface area contributed by atoms with Crippen molar-refractivity contribution < 1.29 is 5.11 Å². The quantitative estimate of drug-likeness (QED) is 0.737. The van der Waals surface area contributed by atoms with Gasteiger partial charge in [0.2, 0.25) is 0 Å². The van der Waals surface area contributed by atoms with E-state index in [1.54, 1.807) is 0 Å². The fourth-order valence-electron chi connectivity index (χ4n) is 2.94. The smallest absolute Gasteiger partial charge is 0.0611 e. The molecule has 1 aliphatic carbocycles. The molecule has 1 aliphatic rings. The summed E-state index contributed by atoms with van der Waals surface area (Å²) in [5.41, 5.74) is 5.94. The molecule has 0 amide bonds. The molecule has 90 valence electrons. The van der Waals surface area contributed by atoms with E-state index >= 15 is 0 Å². The molecule has 0 aromatic heterocycles. The van der Waals surface area contributed by atoms with Gasteiger partial charge in [-0.3, -0.25) is 0 Å². The molecule has 1 saturated carbocycles. The Hall–Kier alpha value is -0.0800. The monoisotopic (exact) mass is 213 g/mol. The second-order valence-electron chi connectivity index (χ2n) is 5.73. The van der Waals surface area contributed by atoms with Crippen LogP contribution in [0.2, 0.25) is 0 Å². The Kier molecular flexibility index (Phi) is 4.60. The lowest BCUT2D eigenvalue weighted by atomic mass is 9.76. The molecule has 0 spiro atoms. The van der Waals surface area contributed by atoms with Gasteiger partial charge in [-0.2, -0.15) is 0 Å². The van der Waals surface area contributed by atoms with Crippen LogP contribution in [-0.4, -0.2) is 17.8 Å². The third-order valence-electron chi connectivity index (χ3n) is 4.13. The molecular formula is C13H27NO. The summed E-state index contributed by atoms with van der Waals surface area (Å²) in [6, 6.07) is 0. The first-order chi connectivity index (χ1) is 7.04. The van der Waals surface area contributed by atoms with Gasteiger partial charge < -0.3 is 10.8 Å². The van der Waals surface area contributed by atoms with Crippen molar-refractivity contribution in [2.24, 2.45) is 23.0 Å². The largest absolute Gasteiger partial charge is 0.392 e. The summed E-state index contributed by atoms with van der Waals surface area (Å²) in [6.45, 7) is 7.23. The van der Waals surface area contributed by atoms with Crippen LogP contribution in [0.1, 0.15) is 52.9 Å². The lowest BCUT2D eigenvalue weighted by molar-refractivity contribution is 0.0162. The van der Waals surface area contributed by atoms with Crippen molar-refractivity contribution in [3.63, 3.8) is 0 Å². The van der Waals surface area contributed by atoms with Gasteiger partial charge in [0.05, 0.1) is 6.10 Å². The van der Waals surface area contributed by atoms with Crippen LogP contribution in [0.4, 0.5) is 0 Å². The highest BCUT2D eigenvalue weighted by Crippen LogP contribution is 2.46. The van der Waals surface area contributed by atoms with E-state index in [4.69, 9.17) is 5.73 Å². The van der Waals surface area contributed by atoms with Gasteiger partial charge in [0.25, 0.3) is 0 Å². The first kappa shape index (κ1) is 13.0. The van der Waals surface area contributed by atoms with Gasteiger partial charge in [-0.05, 0) is 37.5 Å². The molecule has 1 rings (SSSR count). The van der Waals surface area contributed by atoms with Crippen molar-refractivity contribution in [3.8, 4) is 0 Å². The molecular weight excluding hydrogens is 186 g/mol. The van der Waals surface area contributed by atoms with Crippen LogP contribution in [0.25, 0.3) is 0 Å². The summed E-state index contributed by atoms with van der Waals surface area (Å²) < 4.78 is 0. The predicted octanol–water partition coefficient (Wildman–Crippen LogP) is 2.55. The van der Waals surface area contributed by atoms with Gasteiger partial charge in [0.1, 0.15) is 0 Å². The van der Waals surface area contributed by atoms with Crippen molar-refractivity contribution in [2.75, 3.05) is 6.54 Å². The molecule has 0 aromatic carbocycles. The third kappa shape index (κ3) is 2.94. The third-order valence-corrected chi connectivity index (χ3v) is 4.13. The average Bonchev–Trinajstić information content (AvgIpc) is 2.61. The summed E-state index contributed by atoms with van der Waals surface area (Å²) in [5, 5.41) is 10.3. The zero-order chi connectivity index (χ0) is 11.5. The number of aliphatic hydroxyl groups is 1. The van der Waals surface area contributed by atoms with Crippen molar-refractivity contribution in [3.05, 3.63) is 0 Å². The highest BCUT2D eigenvalue weighted by Gasteiger charge is 2.42. The molecule has 3 atom stereocenters. The molecule has 1 fully saturated rings. The molecule has 0 radical (unpaired) electrons. The highest BCUT2D eigenvalue weighted by molar-refractivity contribution is 4.94. The summed E-state index contributed by atoms with van der Waals surface area (Å²) in [5.74, 6) is 1.35. The first-order valence-electron chi connectivity index (χ1n) is 6.42. The summed E-state index contributed by atoms with van der Waals surface area (Å²) in [4.78, 5) is 0. The highest BCUT2D eigenvalue weighted by atomic mass is 16.3. The lowest BCUT2D eigenvalue weighted by Gasteiger charge is -2.34. The van der Waals surface area contributed by atoms with Gasteiger partial charge in [-0.25, -0.2) is 0 Å². The Bertz CT molecular complexity index is 193. The number of aliphatic hydroxyl groups excluding tert-OH is 1. The fourth-order valence-corrected chi connectivity index (χ4v) is 2.94. The number of rotatable bonds is 5. The number of hydrogen-bond donors (Lipinski definition) is 2. The van der Waals surface area contributed by atoms with E-state index < -0.39 is 0 Å². The molecule has 3 N–H and O–H groups in total. The van der Waals surface area contributed by atoms with Crippen LogP contribution < -0.4 is 5.73 Å². The minimum atomic E-state index is -0.195. The Balaban J connectivity index is 2.61. The van der Waals surface area contributed by atoms with Gasteiger partial charge >= 0.3 is 0 Å². The Morgan fingerprint density at radius 2 is 2.13 bits per heavy atom. The van der Waals surface area contributed by atoms with Crippen LogP contribution in [-0.2, 0) is 0 Å². The Morgan fingerprint density at radius 3 is 2.53 bits per heavy atom. The topological polar surface area (TPSA) is 46.2 Å². The van der Waals surface area contributed by atoms with E-state index in [1.807, 2.05) is 0 Å². The van der Waals surface area contributed by atoms with Crippen molar-refractivity contribution >= 4 is 0 Å². The minimum Gasteiger partial charge on any atom is -0.392 e. The summed E-state index contributed by atoms with van der Waals surface area (Å²) in [6.07, 6.45) is 5.44. The zero-order valence-corrected chi connectivity index (χ0v) is 10.5. The molecule has 0 saturated heterocycles. The molecule has 3 unspecified atom stereocenters. The standard InChI is InChI=1S/C13H27NO/c1-4-11-5-6-13(8-11,9-14)12(15)7-10(2)3/h10-12,15H,4-9,14H2,1-3H3. The van der Waals surface area contributed by atoms with E-state index in [0.29, 0.717) is 12.5 Å². The van der Waals surface area contributed by atoms with Crippen LogP contribution in [0.15, 0.2) is 0 Å². The first-order valence-corrected chi connectivity index (χ1v) is 6.42. The van der Waals surface area contributed by atoms with E-state index in [1.165, 1.54) is 12.8 Å². The van der Waals surface area contributed by atoms with Gasteiger partial charge in [-0.1, -0.05) is 27.2 Å². The second kappa shape index (κ2) is 5.31. The Labute approximate surface area is 94.2 Å². The Morgan fingerprint density at radius 1 is 1.47 bits per heavy atom. The van der Waals surface area contributed by atoms with Crippen molar-refractivity contribution in [1.29, 1.82) is 0 Å². The van der Waals surface area contributed by atoms with Gasteiger partial charge in [-0.15, -0.1) is 0 Å². The van der Waals surface area contributed by atoms with E-state index in [0.717, 1.165) is 25.2 Å². The van der Waals surface area contributed by atoms with Crippen molar-refractivity contribution in [1.82, 2.24) is 0 Å². The maximum Gasteiger partial charge on any atom is 0.0611 e. The summed E-state index contributed by atoms with van der Waals surface area (Å²) in [7, 11) is 0. The molecule has 0 aliphatic heterocycles. The van der Waals surface area contributed by atoms with Crippen LogP contribution in [0.3, 0.4) is 0 Å². The number of hydrogen-bond acceptors (Lipinski definition) is 2. The van der Waals surface area contributed by atoms with E-state index in [2.05, 4.69) is 20.8 Å². The fraction of sp³-hybridized carbons (Fsp3) is 1.00. The van der Waals surface area contributed by atoms with Crippen LogP contribution in [0, 0.1) is 17.3 Å².